The molecule has 2 saturated heterocycles. The summed E-state index contributed by atoms with van der Waals surface area (Å²) >= 11 is 0. The van der Waals surface area contributed by atoms with Gasteiger partial charge in [0.15, 0.2) is 5.69 Å². The van der Waals surface area contributed by atoms with Crippen LogP contribution >= 0.6 is 0 Å². The normalized spacial score (nSPS) is 27.0. The molecule has 4 rings (SSSR count). The van der Waals surface area contributed by atoms with Crippen molar-refractivity contribution < 1.29 is 14.1 Å². The molecule has 2 aliphatic heterocycles. The van der Waals surface area contributed by atoms with Crippen LogP contribution in [0.1, 0.15) is 40.9 Å². The second kappa shape index (κ2) is 5.73. The van der Waals surface area contributed by atoms with Gasteiger partial charge in [-0.3, -0.25) is 4.79 Å². The molecular weight excluding hydrogens is 296 g/mol. The quantitative estimate of drug-likeness (QED) is 0.840. The molecule has 2 fully saturated rings. The van der Waals surface area contributed by atoms with E-state index in [1.54, 1.807) is 25.5 Å². The summed E-state index contributed by atoms with van der Waals surface area (Å²) in [7, 11) is 0. The molecule has 4 heterocycles. The van der Waals surface area contributed by atoms with Gasteiger partial charge in [0.25, 0.3) is 5.91 Å². The van der Waals surface area contributed by atoms with Gasteiger partial charge in [-0.1, -0.05) is 5.16 Å². The third-order valence-corrected chi connectivity index (χ3v) is 4.59. The van der Waals surface area contributed by atoms with Crippen LogP contribution in [0.25, 0.3) is 0 Å². The van der Waals surface area contributed by atoms with E-state index in [9.17, 15) is 4.79 Å². The van der Waals surface area contributed by atoms with E-state index in [0.29, 0.717) is 30.5 Å². The molecule has 0 saturated carbocycles. The van der Waals surface area contributed by atoms with Crippen LogP contribution in [0, 0.1) is 12.8 Å². The second-order valence-electron chi connectivity index (χ2n) is 6.16. The summed E-state index contributed by atoms with van der Waals surface area (Å²) in [4.78, 5) is 22.6. The minimum atomic E-state index is -0.0641. The molecule has 0 unspecified atom stereocenters. The first kappa shape index (κ1) is 14.3. The average Bonchev–Trinajstić information content (AvgIpc) is 3.20. The number of carbonyl (C=O) groups excluding carboxylic acids is 1. The monoisotopic (exact) mass is 314 g/mol. The zero-order valence-electron chi connectivity index (χ0n) is 12.9. The Morgan fingerprint density at radius 2 is 2.35 bits per heavy atom. The predicted octanol–water partition coefficient (Wildman–Crippen LogP) is 1.77. The highest BCUT2D eigenvalue weighted by Gasteiger charge is 2.41. The fraction of sp³-hybridized carbons (Fsp3) is 0.500. The number of fused-ring (bicyclic) bond motifs is 1. The Labute approximate surface area is 133 Å². The topological polar surface area (TPSA) is 81.4 Å². The number of rotatable bonds is 2. The number of carbonyl (C=O) groups is 1. The highest BCUT2D eigenvalue weighted by molar-refractivity contribution is 5.92. The zero-order chi connectivity index (χ0) is 15.8. The van der Waals surface area contributed by atoms with E-state index in [2.05, 4.69) is 15.1 Å². The summed E-state index contributed by atoms with van der Waals surface area (Å²) in [5, 5.41) is 3.82. The first-order chi connectivity index (χ1) is 11.2. The van der Waals surface area contributed by atoms with E-state index in [1.165, 1.54) is 0 Å². The number of amides is 1. The van der Waals surface area contributed by atoms with E-state index in [4.69, 9.17) is 9.26 Å². The van der Waals surface area contributed by atoms with E-state index in [-0.39, 0.29) is 18.1 Å². The molecule has 0 radical (unpaired) electrons. The summed E-state index contributed by atoms with van der Waals surface area (Å²) in [6.07, 6.45) is 5.19. The molecule has 0 aliphatic carbocycles. The third-order valence-electron chi connectivity index (χ3n) is 4.59. The largest absolute Gasteiger partial charge is 0.368 e. The van der Waals surface area contributed by atoms with Gasteiger partial charge in [-0.05, 0) is 25.8 Å². The van der Waals surface area contributed by atoms with Crippen molar-refractivity contribution in [3.63, 3.8) is 0 Å². The predicted molar refractivity (Wildman–Crippen MR) is 79.5 cm³/mol. The molecule has 2 aromatic rings. The molecule has 0 N–H and O–H groups in total. The molecule has 2 aromatic heterocycles. The number of piperidine rings is 1. The lowest BCUT2D eigenvalue weighted by Gasteiger charge is -2.33. The van der Waals surface area contributed by atoms with Gasteiger partial charge in [-0.15, -0.1) is 0 Å². The SMILES string of the molecule is Cc1cc(C(=O)N2CC[C@H]3O[C@@H](c4ccncn4)C[C@@H]3C2)no1. The Morgan fingerprint density at radius 3 is 3.09 bits per heavy atom. The van der Waals surface area contributed by atoms with Crippen molar-refractivity contribution in [1.82, 2.24) is 20.0 Å². The Kier molecular flexibility index (Phi) is 3.57. The van der Waals surface area contributed by atoms with Crippen LogP contribution < -0.4 is 0 Å². The molecular formula is C16H18N4O3. The number of nitrogens with zero attached hydrogens (tertiary/aromatic N) is 4. The summed E-state index contributed by atoms with van der Waals surface area (Å²) in [6.45, 7) is 3.16. The molecule has 7 nitrogen and oxygen atoms in total. The van der Waals surface area contributed by atoms with Crippen LogP contribution in [-0.2, 0) is 4.74 Å². The van der Waals surface area contributed by atoms with Gasteiger partial charge >= 0.3 is 0 Å². The molecule has 23 heavy (non-hydrogen) atoms. The van der Waals surface area contributed by atoms with E-state index in [1.807, 2.05) is 11.0 Å². The van der Waals surface area contributed by atoms with Gasteiger partial charge in [-0.2, -0.15) is 0 Å². The van der Waals surface area contributed by atoms with E-state index < -0.39 is 0 Å². The maximum absolute atomic E-state index is 12.5. The lowest BCUT2D eigenvalue weighted by Crippen LogP contribution is -2.44. The van der Waals surface area contributed by atoms with Crippen LogP contribution in [0.3, 0.4) is 0 Å². The van der Waals surface area contributed by atoms with Gasteiger partial charge < -0.3 is 14.2 Å². The molecule has 7 heteroatoms. The smallest absolute Gasteiger partial charge is 0.276 e. The van der Waals surface area contributed by atoms with Crippen LogP contribution in [-0.4, -0.2) is 45.1 Å². The van der Waals surface area contributed by atoms with Crippen LogP contribution in [0.2, 0.25) is 0 Å². The molecule has 1 amide bonds. The summed E-state index contributed by atoms with van der Waals surface area (Å²) in [5.41, 5.74) is 1.30. The lowest BCUT2D eigenvalue weighted by atomic mass is 9.92. The van der Waals surface area contributed by atoms with Gasteiger partial charge in [-0.25, -0.2) is 9.97 Å². The minimum Gasteiger partial charge on any atom is -0.368 e. The first-order valence-corrected chi connectivity index (χ1v) is 7.84. The maximum Gasteiger partial charge on any atom is 0.276 e. The van der Waals surface area contributed by atoms with Gasteiger partial charge in [0.2, 0.25) is 0 Å². The number of aryl methyl sites for hydroxylation is 1. The Hall–Kier alpha value is -2.28. The van der Waals surface area contributed by atoms with Gasteiger partial charge in [0.05, 0.1) is 11.8 Å². The van der Waals surface area contributed by atoms with E-state index in [0.717, 1.165) is 18.5 Å². The van der Waals surface area contributed by atoms with Gasteiger partial charge in [0.1, 0.15) is 18.2 Å². The third kappa shape index (κ3) is 2.72. The van der Waals surface area contributed by atoms with Crippen molar-refractivity contribution in [1.29, 1.82) is 0 Å². The highest BCUT2D eigenvalue weighted by Crippen LogP contribution is 2.40. The molecule has 0 spiro atoms. The minimum absolute atomic E-state index is 0.00246. The zero-order valence-corrected chi connectivity index (χ0v) is 12.9. The van der Waals surface area contributed by atoms with Crippen molar-refractivity contribution in [2.45, 2.75) is 32.0 Å². The fourth-order valence-corrected chi connectivity index (χ4v) is 3.45. The van der Waals surface area contributed by atoms with Crippen LogP contribution in [0.15, 0.2) is 29.2 Å². The van der Waals surface area contributed by atoms with Crippen LogP contribution in [0.4, 0.5) is 0 Å². The lowest BCUT2D eigenvalue weighted by molar-refractivity contribution is 0.000778. The number of hydrogen-bond donors (Lipinski definition) is 0. The van der Waals surface area contributed by atoms with Gasteiger partial charge in [0, 0.05) is 31.3 Å². The standard InChI is InChI=1S/C16H18N4O3/c1-10-6-13(19-23-10)16(21)20-5-3-14-11(8-20)7-15(22-14)12-2-4-17-9-18-12/h2,4,6,9,11,14-15H,3,5,7-8H2,1H3/t11-,14-,15-/m1/s1. The van der Waals surface area contributed by atoms with E-state index >= 15 is 0 Å². The highest BCUT2D eigenvalue weighted by atomic mass is 16.5. The second-order valence-corrected chi connectivity index (χ2v) is 6.16. The Morgan fingerprint density at radius 1 is 1.43 bits per heavy atom. The number of ether oxygens (including phenoxy) is 1. The molecule has 3 atom stereocenters. The summed E-state index contributed by atoms with van der Waals surface area (Å²) < 4.78 is 11.1. The number of likely N-dealkylation sites (tertiary alicyclic amines) is 1. The van der Waals surface area contributed by atoms with Crippen LogP contribution in [0.5, 0.6) is 0 Å². The van der Waals surface area contributed by atoms with Crippen molar-refractivity contribution >= 4 is 5.91 Å². The first-order valence-electron chi connectivity index (χ1n) is 7.84. The summed E-state index contributed by atoms with van der Waals surface area (Å²) in [6, 6.07) is 3.58. The summed E-state index contributed by atoms with van der Waals surface area (Å²) in [5.74, 6) is 0.919. The molecule has 0 aromatic carbocycles. The van der Waals surface area contributed by atoms with Crippen molar-refractivity contribution in [2.24, 2.45) is 5.92 Å². The molecule has 2 aliphatic rings. The van der Waals surface area contributed by atoms with Crippen molar-refractivity contribution in [3.05, 3.63) is 41.8 Å². The average molecular weight is 314 g/mol. The Bertz CT molecular complexity index is 702. The maximum atomic E-state index is 12.5. The molecule has 0 bridgehead atoms. The fourth-order valence-electron chi connectivity index (χ4n) is 3.45. The van der Waals surface area contributed by atoms with Crippen molar-refractivity contribution in [3.8, 4) is 0 Å². The van der Waals surface area contributed by atoms with Crippen molar-refractivity contribution in [2.75, 3.05) is 13.1 Å². The number of hydrogen-bond acceptors (Lipinski definition) is 6. The Balaban J connectivity index is 1.44. The molecule has 120 valence electrons. The number of aromatic nitrogens is 3.